The van der Waals surface area contributed by atoms with E-state index in [4.69, 9.17) is 26.4 Å². The van der Waals surface area contributed by atoms with Crippen LogP contribution >= 0.6 is 12.2 Å². The summed E-state index contributed by atoms with van der Waals surface area (Å²) in [6.07, 6.45) is 0. The third-order valence-electron chi connectivity index (χ3n) is 5.58. The first kappa shape index (κ1) is 26.6. The van der Waals surface area contributed by atoms with E-state index < -0.39 is 5.91 Å². The number of ether oxygens (including phenoxy) is 3. The van der Waals surface area contributed by atoms with E-state index in [9.17, 15) is 14.4 Å². The summed E-state index contributed by atoms with van der Waals surface area (Å²) >= 11 is 5.32. The van der Waals surface area contributed by atoms with Gasteiger partial charge in [-0.1, -0.05) is 12.1 Å². The quantitative estimate of drug-likeness (QED) is 0.298. The highest BCUT2D eigenvalue weighted by Gasteiger charge is 2.36. The van der Waals surface area contributed by atoms with Gasteiger partial charge in [0.1, 0.15) is 0 Å². The second kappa shape index (κ2) is 11.7. The van der Waals surface area contributed by atoms with Crippen LogP contribution in [0.25, 0.3) is 0 Å². The minimum absolute atomic E-state index is 0.0632. The third-order valence-corrected chi connectivity index (χ3v) is 5.78. The molecule has 0 atom stereocenters. The highest BCUT2D eigenvalue weighted by atomic mass is 32.1. The Kier molecular flexibility index (Phi) is 8.22. The molecule has 0 fully saturated rings. The van der Waals surface area contributed by atoms with Crippen molar-refractivity contribution in [2.24, 2.45) is 0 Å². The molecular formula is C28H27N3O6S. The zero-order valence-electron chi connectivity index (χ0n) is 21.2. The highest BCUT2D eigenvalue weighted by Crippen LogP contribution is 2.39. The van der Waals surface area contributed by atoms with Gasteiger partial charge in [0.2, 0.25) is 5.75 Å². The van der Waals surface area contributed by atoms with Crippen molar-refractivity contribution in [2.75, 3.05) is 30.0 Å². The minimum Gasteiger partial charge on any atom is -0.490 e. The van der Waals surface area contributed by atoms with Crippen LogP contribution in [0.4, 0.5) is 11.4 Å². The third kappa shape index (κ3) is 5.45. The van der Waals surface area contributed by atoms with Crippen LogP contribution in [0.5, 0.6) is 17.2 Å². The molecule has 0 bridgehead atoms. The first-order valence-corrected chi connectivity index (χ1v) is 12.5. The molecule has 0 saturated carbocycles. The van der Waals surface area contributed by atoms with Crippen molar-refractivity contribution in [2.45, 2.75) is 20.8 Å². The molecule has 9 nitrogen and oxygen atoms in total. The molecule has 1 aliphatic rings. The summed E-state index contributed by atoms with van der Waals surface area (Å²) < 4.78 is 17.0. The van der Waals surface area contributed by atoms with Crippen molar-refractivity contribution >= 4 is 46.4 Å². The molecule has 0 aliphatic carbocycles. The van der Waals surface area contributed by atoms with E-state index in [0.29, 0.717) is 59.6 Å². The van der Waals surface area contributed by atoms with Gasteiger partial charge in [0, 0.05) is 11.3 Å². The standard InChI is InChI=1S/C28H27N3O6S/c1-4-35-22-15-17(16-23(36-5-2)24(22)37-6-3)25(32)30-28(38)29-18-11-13-19(14-12-18)31-26(33)20-9-7-8-10-21(20)27(31)34/h7-16H,4-6H2,1-3H3,(H2,29,30,32,38). The molecule has 0 unspecified atom stereocenters. The van der Waals surface area contributed by atoms with Crippen LogP contribution in [-0.4, -0.2) is 42.7 Å². The Hall–Kier alpha value is -4.44. The van der Waals surface area contributed by atoms with Crippen LogP contribution in [0.15, 0.2) is 60.7 Å². The first-order chi connectivity index (χ1) is 18.4. The number of anilines is 2. The van der Waals surface area contributed by atoms with Crippen molar-refractivity contribution in [3.63, 3.8) is 0 Å². The lowest BCUT2D eigenvalue weighted by molar-refractivity contribution is 0.0923. The summed E-state index contributed by atoms with van der Waals surface area (Å²) in [6.45, 7) is 6.69. The molecule has 3 aromatic rings. The van der Waals surface area contributed by atoms with E-state index in [1.165, 1.54) is 0 Å². The van der Waals surface area contributed by atoms with Gasteiger partial charge in [-0.05, 0) is 81.5 Å². The Morgan fingerprint density at radius 1 is 0.816 bits per heavy atom. The Bertz CT molecular complexity index is 1330. The van der Waals surface area contributed by atoms with Gasteiger partial charge in [-0.25, -0.2) is 4.90 Å². The Morgan fingerprint density at radius 2 is 1.34 bits per heavy atom. The Morgan fingerprint density at radius 3 is 1.84 bits per heavy atom. The molecule has 38 heavy (non-hydrogen) atoms. The monoisotopic (exact) mass is 533 g/mol. The number of imide groups is 1. The predicted molar refractivity (Wildman–Crippen MR) is 148 cm³/mol. The molecule has 196 valence electrons. The van der Waals surface area contributed by atoms with E-state index in [0.717, 1.165) is 4.90 Å². The van der Waals surface area contributed by atoms with Crippen LogP contribution < -0.4 is 29.7 Å². The van der Waals surface area contributed by atoms with Crippen molar-refractivity contribution in [3.05, 3.63) is 77.4 Å². The van der Waals surface area contributed by atoms with E-state index in [-0.39, 0.29) is 22.5 Å². The van der Waals surface area contributed by atoms with E-state index in [1.54, 1.807) is 60.7 Å². The fourth-order valence-electron chi connectivity index (χ4n) is 3.97. The molecule has 2 N–H and O–H groups in total. The number of nitrogens with zero attached hydrogens (tertiary/aromatic N) is 1. The largest absolute Gasteiger partial charge is 0.490 e. The van der Waals surface area contributed by atoms with Crippen molar-refractivity contribution in [1.82, 2.24) is 5.32 Å². The number of rotatable bonds is 9. The average Bonchev–Trinajstić information content (AvgIpc) is 3.16. The van der Waals surface area contributed by atoms with Gasteiger partial charge >= 0.3 is 0 Å². The van der Waals surface area contributed by atoms with Crippen LogP contribution in [0, 0.1) is 0 Å². The van der Waals surface area contributed by atoms with Gasteiger partial charge in [-0.2, -0.15) is 0 Å². The number of nitrogens with one attached hydrogen (secondary N) is 2. The van der Waals surface area contributed by atoms with Gasteiger partial charge in [-0.15, -0.1) is 0 Å². The van der Waals surface area contributed by atoms with Gasteiger partial charge in [0.25, 0.3) is 17.7 Å². The van der Waals surface area contributed by atoms with Gasteiger partial charge in [0.15, 0.2) is 16.6 Å². The number of amides is 3. The maximum Gasteiger partial charge on any atom is 0.266 e. The highest BCUT2D eigenvalue weighted by molar-refractivity contribution is 7.80. The summed E-state index contributed by atoms with van der Waals surface area (Å²) in [5.41, 5.74) is 2.02. The summed E-state index contributed by atoms with van der Waals surface area (Å²) in [5, 5.41) is 5.64. The zero-order chi connectivity index (χ0) is 27.2. The van der Waals surface area contributed by atoms with Crippen molar-refractivity contribution < 1.29 is 28.6 Å². The molecular weight excluding hydrogens is 506 g/mol. The minimum atomic E-state index is -0.463. The molecule has 0 saturated heterocycles. The number of fused-ring (bicyclic) bond motifs is 1. The Balaban J connectivity index is 1.45. The number of carbonyl (C=O) groups is 3. The normalized spacial score (nSPS) is 12.1. The topological polar surface area (TPSA) is 106 Å². The molecule has 4 rings (SSSR count). The molecule has 3 aromatic carbocycles. The maximum absolute atomic E-state index is 13.0. The number of hydrogen-bond acceptors (Lipinski definition) is 7. The molecule has 1 heterocycles. The van der Waals surface area contributed by atoms with Gasteiger partial charge in [0.05, 0.1) is 36.6 Å². The second-order valence-corrected chi connectivity index (χ2v) is 8.46. The lowest BCUT2D eigenvalue weighted by Gasteiger charge is -2.17. The summed E-state index contributed by atoms with van der Waals surface area (Å²) in [6, 6.07) is 16.4. The van der Waals surface area contributed by atoms with Gasteiger partial charge in [-0.3, -0.25) is 19.7 Å². The first-order valence-electron chi connectivity index (χ1n) is 12.1. The molecule has 1 aliphatic heterocycles. The molecule has 0 aromatic heterocycles. The van der Waals surface area contributed by atoms with Crippen molar-refractivity contribution in [3.8, 4) is 17.2 Å². The molecule has 0 radical (unpaired) electrons. The number of hydrogen-bond donors (Lipinski definition) is 2. The van der Waals surface area contributed by atoms with E-state index >= 15 is 0 Å². The second-order valence-electron chi connectivity index (χ2n) is 8.05. The predicted octanol–water partition coefficient (Wildman–Crippen LogP) is 4.81. The summed E-state index contributed by atoms with van der Waals surface area (Å²) in [7, 11) is 0. The van der Waals surface area contributed by atoms with E-state index in [2.05, 4.69) is 10.6 Å². The summed E-state index contributed by atoms with van der Waals surface area (Å²) in [4.78, 5) is 39.5. The lowest BCUT2D eigenvalue weighted by Crippen LogP contribution is -2.34. The SMILES string of the molecule is CCOc1cc(C(=O)NC(=S)Nc2ccc(N3C(=O)c4ccccc4C3=O)cc2)cc(OCC)c1OCC. The number of thiocarbonyl (C=S) groups is 1. The zero-order valence-corrected chi connectivity index (χ0v) is 22.0. The van der Waals surface area contributed by atoms with Crippen LogP contribution in [0.1, 0.15) is 51.8 Å². The maximum atomic E-state index is 13.0. The molecule has 0 spiro atoms. The fourth-order valence-corrected chi connectivity index (χ4v) is 4.19. The van der Waals surface area contributed by atoms with Crippen LogP contribution in [0.2, 0.25) is 0 Å². The van der Waals surface area contributed by atoms with Crippen molar-refractivity contribution in [1.29, 1.82) is 0 Å². The van der Waals surface area contributed by atoms with Gasteiger partial charge < -0.3 is 19.5 Å². The van der Waals surface area contributed by atoms with Crippen LogP contribution in [0.3, 0.4) is 0 Å². The average molecular weight is 534 g/mol. The number of carbonyl (C=O) groups excluding carboxylic acids is 3. The molecule has 3 amide bonds. The summed E-state index contributed by atoms with van der Waals surface area (Å²) in [5.74, 6) is 0.0208. The Labute approximate surface area is 225 Å². The van der Waals surface area contributed by atoms with Crippen LogP contribution in [-0.2, 0) is 0 Å². The van der Waals surface area contributed by atoms with E-state index in [1.807, 2.05) is 20.8 Å². The smallest absolute Gasteiger partial charge is 0.266 e. The lowest BCUT2D eigenvalue weighted by atomic mass is 10.1. The number of benzene rings is 3. The fraction of sp³-hybridized carbons (Fsp3) is 0.214. The molecule has 10 heteroatoms.